The van der Waals surface area contributed by atoms with Gasteiger partial charge in [-0.3, -0.25) is 0 Å². The van der Waals surface area contributed by atoms with Crippen LogP contribution in [0.25, 0.3) is 12.2 Å². The minimum absolute atomic E-state index is 0.195. The third kappa shape index (κ3) is 9.31. The van der Waals surface area contributed by atoms with Crippen molar-refractivity contribution >= 4 is 18.1 Å². The second-order valence-corrected chi connectivity index (χ2v) is 16.7. The van der Waals surface area contributed by atoms with E-state index in [-0.39, 0.29) is 29.6 Å². The van der Waals surface area contributed by atoms with Crippen molar-refractivity contribution in [1.82, 2.24) is 0 Å². The molecule has 298 valence electrons. The first-order valence-electron chi connectivity index (χ1n) is 19.6. The van der Waals surface area contributed by atoms with Gasteiger partial charge in [0.2, 0.25) is 0 Å². The Kier molecular flexibility index (Phi) is 10.5. The number of ether oxygens (including phenoxy) is 7. The number of rotatable bonds is 14. The lowest BCUT2D eigenvalue weighted by Gasteiger charge is -2.51. The number of benzene rings is 4. The predicted octanol–water partition coefficient (Wildman–Crippen LogP) is 9.02. The van der Waals surface area contributed by atoms with Crippen molar-refractivity contribution in [2.75, 3.05) is 33.0 Å². The average Bonchev–Trinajstić information content (AvgIpc) is 4.10. The molecule has 8 rings (SSSR count). The van der Waals surface area contributed by atoms with Crippen molar-refractivity contribution in [3.8, 4) is 34.5 Å². The molecule has 0 N–H and O–H groups in total. The molecule has 4 aliphatic rings. The highest BCUT2D eigenvalue weighted by Gasteiger charge is 2.53. The molecule has 2 saturated heterocycles. The summed E-state index contributed by atoms with van der Waals surface area (Å²) >= 11 is 0. The topological polar surface area (TPSA) is 107 Å². The number of hydrogen-bond acceptors (Lipinski definition) is 10. The van der Waals surface area contributed by atoms with Crippen LogP contribution in [0.15, 0.2) is 84.9 Å². The molecule has 0 aromatic heterocycles. The van der Waals surface area contributed by atoms with Crippen molar-refractivity contribution < 1.29 is 47.7 Å². The van der Waals surface area contributed by atoms with E-state index in [1.807, 2.05) is 98.8 Å². The van der Waals surface area contributed by atoms with Gasteiger partial charge in [-0.05, 0) is 90.7 Å². The lowest BCUT2D eigenvalue weighted by molar-refractivity contribution is -0.196. The summed E-state index contributed by atoms with van der Waals surface area (Å²) in [5.41, 5.74) is 4.88. The van der Waals surface area contributed by atoms with E-state index in [0.717, 1.165) is 69.6 Å². The van der Waals surface area contributed by atoms with E-state index < -0.39 is 11.8 Å². The maximum atomic E-state index is 13.0. The fraction of sp³-hybridized carbons (Fsp3) is 0.383. The Morgan fingerprint density at radius 1 is 0.702 bits per heavy atom. The molecule has 0 radical (unpaired) electrons. The molecular weight excluding hydrogens is 725 g/mol. The van der Waals surface area contributed by atoms with E-state index in [4.69, 9.17) is 42.9 Å². The molecule has 2 fully saturated rings. The van der Waals surface area contributed by atoms with Crippen LogP contribution in [0.5, 0.6) is 34.5 Å². The zero-order valence-corrected chi connectivity index (χ0v) is 33.4. The standard InChI is InChI=1S/C47H50O10/c1-30-20-42-38(22-40(30)54-44(48)18-13-33-11-16-35(17-12-33)50-25-37-27-52-37)45(3,4)28-47(55-42)29-46(5,6)39-23-41(31(2)21-43(39)56-47)57-53-19-7-8-32-9-14-34(15-10-32)49-24-36-26-51-36/h7-18,20-23,36-37H,19,24-29H2,1-6H3/b8-7+,18-13+. The van der Waals surface area contributed by atoms with Crippen molar-refractivity contribution in [2.24, 2.45) is 0 Å². The molecule has 0 saturated carbocycles. The third-order valence-electron chi connectivity index (χ3n) is 10.7. The largest absolute Gasteiger partial charge is 0.491 e. The fourth-order valence-corrected chi connectivity index (χ4v) is 7.60. The third-order valence-corrected chi connectivity index (χ3v) is 10.7. The first-order chi connectivity index (χ1) is 27.3. The minimum Gasteiger partial charge on any atom is -0.491 e. The Hall–Kier alpha value is -5.29. The molecule has 0 bridgehead atoms. The number of esters is 1. The van der Waals surface area contributed by atoms with E-state index in [9.17, 15) is 4.79 Å². The number of carbonyl (C=O) groups is 1. The van der Waals surface area contributed by atoms with Gasteiger partial charge in [-0.25, -0.2) is 4.79 Å². The molecule has 4 aromatic rings. The van der Waals surface area contributed by atoms with Gasteiger partial charge in [0, 0.05) is 40.9 Å². The highest BCUT2D eigenvalue weighted by Crippen LogP contribution is 2.55. The number of aryl methyl sites for hydroxylation is 2. The molecule has 4 aromatic carbocycles. The van der Waals surface area contributed by atoms with E-state index >= 15 is 0 Å². The molecule has 0 aliphatic carbocycles. The normalized spacial score (nSPS) is 22.3. The number of carbonyl (C=O) groups excluding carboxylic acids is 1. The van der Waals surface area contributed by atoms with Crippen molar-refractivity contribution in [1.29, 1.82) is 0 Å². The van der Waals surface area contributed by atoms with Gasteiger partial charge in [-0.1, -0.05) is 64.1 Å². The Morgan fingerprint density at radius 3 is 1.72 bits per heavy atom. The van der Waals surface area contributed by atoms with Crippen LogP contribution in [0.3, 0.4) is 0 Å². The van der Waals surface area contributed by atoms with Crippen molar-refractivity contribution in [2.45, 2.75) is 83.2 Å². The second-order valence-electron chi connectivity index (χ2n) is 16.7. The van der Waals surface area contributed by atoms with E-state index in [0.29, 0.717) is 37.6 Å². The lowest BCUT2D eigenvalue weighted by atomic mass is 9.69. The number of fused-ring (bicyclic) bond motifs is 2. The first kappa shape index (κ1) is 38.6. The Labute approximate surface area is 334 Å². The maximum Gasteiger partial charge on any atom is 0.336 e. The Balaban J connectivity index is 0.895. The predicted molar refractivity (Wildman–Crippen MR) is 215 cm³/mol. The zero-order chi connectivity index (χ0) is 39.8. The highest BCUT2D eigenvalue weighted by molar-refractivity contribution is 5.89. The quantitative estimate of drug-likeness (QED) is 0.0234. The number of hydrogen-bond donors (Lipinski definition) is 0. The molecule has 1 spiro atoms. The van der Waals surface area contributed by atoms with Crippen LogP contribution in [0.4, 0.5) is 0 Å². The Bertz CT molecular complexity index is 2160. The molecule has 3 atom stereocenters. The van der Waals surface area contributed by atoms with Gasteiger partial charge in [0.15, 0.2) is 5.75 Å². The molecule has 3 unspecified atom stereocenters. The monoisotopic (exact) mass is 774 g/mol. The molecule has 0 amide bonds. The van der Waals surface area contributed by atoms with E-state index in [1.165, 1.54) is 6.08 Å². The van der Waals surface area contributed by atoms with Gasteiger partial charge < -0.3 is 38.0 Å². The molecule has 10 nitrogen and oxygen atoms in total. The molecular formula is C47H50O10. The van der Waals surface area contributed by atoms with Gasteiger partial charge in [0.05, 0.1) is 13.2 Å². The van der Waals surface area contributed by atoms with Gasteiger partial charge in [-0.15, -0.1) is 0 Å². The summed E-state index contributed by atoms with van der Waals surface area (Å²) in [5, 5.41) is 0. The fourth-order valence-electron chi connectivity index (χ4n) is 7.60. The van der Waals surface area contributed by atoms with Crippen LogP contribution in [0.2, 0.25) is 0 Å². The van der Waals surface area contributed by atoms with Crippen molar-refractivity contribution in [3.05, 3.63) is 118 Å². The summed E-state index contributed by atoms with van der Waals surface area (Å²) in [6, 6.07) is 23.3. The van der Waals surface area contributed by atoms with Crippen LogP contribution < -0.4 is 28.6 Å². The van der Waals surface area contributed by atoms with Gasteiger partial charge in [-0.2, -0.15) is 4.89 Å². The van der Waals surface area contributed by atoms with Crippen LogP contribution in [0, 0.1) is 13.8 Å². The van der Waals surface area contributed by atoms with Crippen LogP contribution in [-0.4, -0.2) is 57.0 Å². The van der Waals surface area contributed by atoms with Crippen LogP contribution >= 0.6 is 0 Å². The molecule has 10 heteroatoms. The Morgan fingerprint density at radius 2 is 1.19 bits per heavy atom. The summed E-state index contributed by atoms with van der Waals surface area (Å²) in [5.74, 6) is 2.84. The summed E-state index contributed by atoms with van der Waals surface area (Å²) in [7, 11) is 0. The summed E-state index contributed by atoms with van der Waals surface area (Å²) in [6.45, 7) is 15.6. The SMILES string of the molecule is Cc1cc2c(cc1OOC/C=C/c1ccc(OCC3CO3)cc1)C(C)(C)CC1(CC(C)(C)c3cc(OC(=O)/C=C/c4ccc(OCC5CO5)cc4)c(C)cc3O1)O2. The summed E-state index contributed by atoms with van der Waals surface area (Å²) in [4.78, 5) is 24.4. The summed E-state index contributed by atoms with van der Waals surface area (Å²) in [6.07, 6.45) is 8.69. The van der Waals surface area contributed by atoms with E-state index in [2.05, 4.69) is 27.7 Å². The zero-order valence-electron chi connectivity index (χ0n) is 33.4. The van der Waals surface area contributed by atoms with E-state index in [1.54, 1.807) is 6.08 Å². The second kappa shape index (κ2) is 15.6. The summed E-state index contributed by atoms with van der Waals surface area (Å²) < 4.78 is 41.3. The molecule has 4 aliphatic heterocycles. The smallest absolute Gasteiger partial charge is 0.336 e. The molecule has 57 heavy (non-hydrogen) atoms. The maximum absolute atomic E-state index is 13.0. The average molecular weight is 775 g/mol. The number of epoxide rings is 2. The van der Waals surface area contributed by atoms with Gasteiger partial charge >= 0.3 is 5.97 Å². The van der Waals surface area contributed by atoms with Crippen LogP contribution in [0.1, 0.15) is 73.9 Å². The van der Waals surface area contributed by atoms with Crippen molar-refractivity contribution in [3.63, 3.8) is 0 Å². The highest BCUT2D eigenvalue weighted by atomic mass is 17.2. The first-order valence-corrected chi connectivity index (χ1v) is 19.6. The van der Waals surface area contributed by atoms with Crippen LogP contribution in [-0.2, 0) is 30.0 Å². The molecule has 4 heterocycles. The minimum atomic E-state index is -0.904. The lowest BCUT2D eigenvalue weighted by Crippen LogP contribution is -2.55. The van der Waals surface area contributed by atoms with Gasteiger partial charge in [0.1, 0.15) is 60.8 Å². The van der Waals surface area contributed by atoms with Gasteiger partial charge in [0.25, 0.3) is 5.79 Å².